The summed E-state index contributed by atoms with van der Waals surface area (Å²) >= 11 is 11.1. The first-order valence-corrected chi connectivity index (χ1v) is 10.5. The molecule has 31 heavy (non-hydrogen) atoms. The SMILES string of the molecule is O=C1NC(=S)N(c2ccc(Cl)cc2)C(=O)C1=Cc1cc2cccc3c2n(c1=O)CCC3. The fourth-order valence-electron chi connectivity index (χ4n) is 4.13. The second kappa shape index (κ2) is 7.44. The lowest BCUT2D eigenvalue weighted by Crippen LogP contribution is -2.54. The highest BCUT2D eigenvalue weighted by Crippen LogP contribution is 2.26. The molecule has 8 heteroatoms. The number of para-hydroxylation sites is 1. The van der Waals surface area contributed by atoms with E-state index >= 15 is 0 Å². The molecule has 1 N–H and O–H groups in total. The summed E-state index contributed by atoms with van der Waals surface area (Å²) in [5.41, 5.74) is 2.43. The Balaban J connectivity index is 1.64. The molecule has 2 aromatic carbocycles. The van der Waals surface area contributed by atoms with Crippen LogP contribution >= 0.6 is 23.8 Å². The molecule has 3 heterocycles. The Morgan fingerprint density at radius 1 is 1.06 bits per heavy atom. The average molecular weight is 450 g/mol. The van der Waals surface area contributed by atoms with Crippen molar-refractivity contribution in [3.8, 4) is 0 Å². The van der Waals surface area contributed by atoms with Gasteiger partial charge in [-0.15, -0.1) is 0 Å². The second-order valence-corrected chi connectivity index (χ2v) is 8.27. The van der Waals surface area contributed by atoms with Crippen molar-refractivity contribution in [2.75, 3.05) is 4.90 Å². The summed E-state index contributed by atoms with van der Waals surface area (Å²) in [5, 5.41) is 3.92. The smallest absolute Gasteiger partial charge is 0.270 e. The van der Waals surface area contributed by atoms with Gasteiger partial charge in [0.25, 0.3) is 17.4 Å². The van der Waals surface area contributed by atoms with Crippen molar-refractivity contribution in [2.45, 2.75) is 19.4 Å². The fraction of sp³-hybridized carbons (Fsp3) is 0.130. The van der Waals surface area contributed by atoms with Crippen molar-refractivity contribution in [1.29, 1.82) is 0 Å². The molecule has 0 unspecified atom stereocenters. The molecule has 0 atom stereocenters. The van der Waals surface area contributed by atoms with Gasteiger partial charge in [-0.1, -0.05) is 29.8 Å². The highest BCUT2D eigenvalue weighted by atomic mass is 35.5. The first-order chi connectivity index (χ1) is 14.9. The number of anilines is 1. The number of nitrogens with one attached hydrogen (secondary N) is 1. The van der Waals surface area contributed by atoms with Crippen LogP contribution < -0.4 is 15.8 Å². The summed E-state index contributed by atoms with van der Waals surface area (Å²) < 4.78 is 1.73. The molecule has 0 saturated carbocycles. The maximum atomic E-state index is 13.2. The third kappa shape index (κ3) is 3.26. The van der Waals surface area contributed by atoms with Crippen LogP contribution in [0.4, 0.5) is 5.69 Å². The molecule has 1 aromatic heterocycles. The van der Waals surface area contributed by atoms with Crippen molar-refractivity contribution in [1.82, 2.24) is 9.88 Å². The summed E-state index contributed by atoms with van der Waals surface area (Å²) in [6.07, 6.45) is 3.14. The number of pyridine rings is 1. The van der Waals surface area contributed by atoms with Gasteiger partial charge in [0.05, 0.1) is 11.2 Å². The lowest BCUT2D eigenvalue weighted by Gasteiger charge is -2.29. The minimum absolute atomic E-state index is 0.0237. The Hall–Kier alpha value is -3.29. The Kier molecular flexibility index (Phi) is 4.72. The molecule has 0 aliphatic carbocycles. The normalized spacial score (nSPS) is 17.4. The van der Waals surface area contributed by atoms with E-state index in [-0.39, 0.29) is 21.8 Å². The Bertz CT molecular complexity index is 1380. The Morgan fingerprint density at radius 2 is 1.84 bits per heavy atom. The lowest BCUT2D eigenvalue weighted by molar-refractivity contribution is -0.122. The maximum Gasteiger partial charge on any atom is 0.270 e. The van der Waals surface area contributed by atoms with Crippen LogP contribution in [-0.4, -0.2) is 21.5 Å². The molecule has 2 aliphatic heterocycles. The van der Waals surface area contributed by atoms with Crippen LogP contribution in [0, 0.1) is 0 Å². The number of aryl methyl sites for hydroxylation is 2. The van der Waals surface area contributed by atoms with Gasteiger partial charge in [0.2, 0.25) is 0 Å². The topological polar surface area (TPSA) is 71.4 Å². The van der Waals surface area contributed by atoms with Crippen LogP contribution in [-0.2, 0) is 22.6 Å². The summed E-state index contributed by atoms with van der Waals surface area (Å²) in [6.45, 7) is 0.602. The number of aromatic nitrogens is 1. The largest absolute Gasteiger partial charge is 0.307 e. The number of carbonyl (C=O) groups excluding carboxylic acids is 2. The number of hydrogen-bond donors (Lipinski definition) is 1. The van der Waals surface area contributed by atoms with E-state index in [1.165, 1.54) is 11.0 Å². The number of benzene rings is 2. The summed E-state index contributed by atoms with van der Waals surface area (Å²) in [7, 11) is 0. The molecule has 2 aliphatic rings. The van der Waals surface area contributed by atoms with Gasteiger partial charge in [-0.2, -0.15) is 0 Å². The molecule has 0 bridgehead atoms. The van der Waals surface area contributed by atoms with Crippen LogP contribution in [0.25, 0.3) is 17.0 Å². The number of amides is 2. The van der Waals surface area contributed by atoms with Gasteiger partial charge in [-0.05, 0) is 72.4 Å². The number of nitrogens with zero attached hydrogens (tertiary/aromatic N) is 2. The quantitative estimate of drug-likeness (QED) is 0.369. The number of carbonyl (C=O) groups is 2. The molecule has 154 valence electrons. The van der Waals surface area contributed by atoms with E-state index in [1.807, 2.05) is 18.2 Å². The van der Waals surface area contributed by atoms with Gasteiger partial charge in [0.15, 0.2) is 5.11 Å². The zero-order chi connectivity index (χ0) is 21.7. The van der Waals surface area contributed by atoms with Crippen LogP contribution in [0.1, 0.15) is 17.5 Å². The number of rotatable bonds is 2. The Morgan fingerprint density at radius 3 is 2.61 bits per heavy atom. The van der Waals surface area contributed by atoms with E-state index in [9.17, 15) is 14.4 Å². The minimum Gasteiger partial charge on any atom is -0.307 e. The molecule has 1 fully saturated rings. The van der Waals surface area contributed by atoms with E-state index in [4.69, 9.17) is 23.8 Å². The van der Waals surface area contributed by atoms with Gasteiger partial charge >= 0.3 is 0 Å². The van der Waals surface area contributed by atoms with Gasteiger partial charge < -0.3 is 4.57 Å². The lowest BCUT2D eigenvalue weighted by atomic mass is 9.99. The van der Waals surface area contributed by atoms with Crippen LogP contribution in [0.2, 0.25) is 5.02 Å². The molecule has 6 nitrogen and oxygen atoms in total. The predicted molar refractivity (Wildman–Crippen MR) is 124 cm³/mol. The zero-order valence-corrected chi connectivity index (χ0v) is 17.8. The second-order valence-electron chi connectivity index (χ2n) is 7.45. The van der Waals surface area contributed by atoms with E-state index in [2.05, 4.69) is 5.32 Å². The molecule has 3 aromatic rings. The molecule has 2 amide bonds. The van der Waals surface area contributed by atoms with Crippen molar-refractivity contribution in [2.24, 2.45) is 0 Å². The molecule has 1 saturated heterocycles. The van der Waals surface area contributed by atoms with E-state index in [0.717, 1.165) is 29.3 Å². The van der Waals surface area contributed by atoms with E-state index in [0.29, 0.717) is 17.3 Å². The van der Waals surface area contributed by atoms with E-state index in [1.54, 1.807) is 34.9 Å². The molecule has 0 spiro atoms. The third-order valence-corrected chi connectivity index (χ3v) is 6.07. The average Bonchev–Trinajstić information content (AvgIpc) is 2.75. The molecule has 5 rings (SSSR count). The first-order valence-electron chi connectivity index (χ1n) is 9.76. The van der Waals surface area contributed by atoms with Crippen molar-refractivity contribution < 1.29 is 9.59 Å². The number of hydrogen-bond acceptors (Lipinski definition) is 4. The van der Waals surface area contributed by atoms with Crippen molar-refractivity contribution in [3.05, 3.63) is 80.6 Å². The van der Waals surface area contributed by atoms with Gasteiger partial charge in [-0.25, -0.2) is 0 Å². The molecular formula is C23H16ClN3O3S. The minimum atomic E-state index is -0.632. The molecule has 0 radical (unpaired) electrons. The van der Waals surface area contributed by atoms with Crippen molar-refractivity contribution in [3.63, 3.8) is 0 Å². The monoisotopic (exact) mass is 449 g/mol. The van der Waals surface area contributed by atoms with Crippen LogP contribution in [0.5, 0.6) is 0 Å². The van der Waals surface area contributed by atoms with Gasteiger partial charge in [-0.3, -0.25) is 24.6 Å². The van der Waals surface area contributed by atoms with E-state index < -0.39 is 11.8 Å². The highest BCUT2D eigenvalue weighted by Gasteiger charge is 2.34. The summed E-state index contributed by atoms with van der Waals surface area (Å²) in [6, 6.07) is 14.2. The summed E-state index contributed by atoms with van der Waals surface area (Å²) in [4.78, 5) is 40.2. The van der Waals surface area contributed by atoms with Gasteiger partial charge in [0, 0.05) is 17.1 Å². The van der Waals surface area contributed by atoms with Crippen LogP contribution in [0.15, 0.2) is 58.9 Å². The first kappa shape index (κ1) is 19.7. The number of thiocarbonyl (C=S) groups is 1. The maximum absolute atomic E-state index is 13.2. The number of halogens is 1. The Labute approximate surface area is 187 Å². The predicted octanol–water partition coefficient (Wildman–Crippen LogP) is 3.43. The van der Waals surface area contributed by atoms with Crippen LogP contribution in [0.3, 0.4) is 0 Å². The summed E-state index contributed by atoms with van der Waals surface area (Å²) in [5.74, 6) is -1.23. The zero-order valence-electron chi connectivity index (χ0n) is 16.2. The molecular weight excluding hydrogens is 434 g/mol. The van der Waals surface area contributed by atoms with Crippen molar-refractivity contribution >= 4 is 63.4 Å². The standard InChI is InChI=1S/C23H16ClN3O3S/c24-16-6-8-17(9-7-16)27-22(30)18(20(28)25-23(27)31)12-15-11-14-4-1-3-13-5-2-10-26(19(13)14)21(15)29/h1,3-4,6-9,11-12H,2,5,10H2,(H,25,28,31). The highest BCUT2D eigenvalue weighted by molar-refractivity contribution is 7.80. The van der Waals surface area contributed by atoms with Gasteiger partial charge in [0.1, 0.15) is 5.57 Å². The fourth-order valence-corrected chi connectivity index (χ4v) is 4.53. The third-order valence-electron chi connectivity index (χ3n) is 5.54.